The Kier molecular flexibility index (Phi) is 2.48. The zero-order valence-corrected chi connectivity index (χ0v) is 7.19. The molecule has 1 aliphatic carbocycles. The maximum atomic E-state index is 10.5. The quantitative estimate of drug-likeness (QED) is 0.258. The number of rotatable bonds is 2. The lowest BCUT2D eigenvalue weighted by atomic mass is 9.92. The predicted molar refractivity (Wildman–Crippen MR) is 44.4 cm³/mol. The first kappa shape index (κ1) is 11.1. The molecular formula is C7H7NO7. The van der Waals surface area contributed by atoms with E-state index in [2.05, 4.69) is 0 Å². The Morgan fingerprint density at radius 2 is 2.07 bits per heavy atom. The Bertz CT molecular complexity index is 385. The molecule has 8 nitrogen and oxygen atoms in total. The third-order valence-corrected chi connectivity index (χ3v) is 2.00. The summed E-state index contributed by atoms with van der Waals surface area (Å²) in [5.41, 5.74) is -3.98. The highest BCUT2D eigenvalue weighted by molar-refractivity contribution is 5.89. The number of hydrogen-bond donors (Lipinski definition) is 4. The van der Waals surface area contributed by atoms with Crippen molar-refractivity contribution in [2.24, 2.45) is 0 Å². The van der Waals surface area contributed by atoms with Crippen molar-refractivity contribution in [3.05, 3.63) is 33.6 Å². The highest BCUT2D eigenvalue weighted by atomic mass is 16.7. The van der Waals surface area contributed by atoms with Crippen molar-refractivity contribution in [2.75, 3.05) is 0 Å². The molecule has 0 amide bonds. The molecule has 0 saturated heterocycles. The number of carboxylic acids is 1. The van der Waals surface area contributed by atoms with E-state index < -0.39 is 34.1 Å². The number of nitro groups is 1. The van der Waals surface area contributed by atoms with Gasteiger partial charge in [-0.3, -0.25) is 10.1 Å². The molecule has 0 bridgehead atoms. The summed E-state index contributed by atoms with van der Waals surface area (Å²) >= 11 is 0. The molecule has 4 N–H and O–H groups in total. The van der Waals surface area contributed by atoms with Gasteiger partial charge in [0.15, 0.2) is 6.10 Å². The maximum Gasteiger partial charge on any atom is 0.410 e. The van der Waals surface area contributed by atoms with Crippen molar-refractivity contribution in [3.8, 4) is 0 Å². The second-order valence-electron chi connectivity index (χ2n) is 2.86. The molecule has 2 atom stereocenters. The summed E-state index contributed by atoms with van der Waals surface area (Å²) in [6, 6.07) is 0. The molecule has 82 valence electrons. The molecule has 0 spiro atoms. The van der Waals surface area contributed by atoms with E-state index in [1.807, 2.05) is 0 Å². The van der Waals surface area contributed by atoms with Crippen LogP contribution in [0.3, 0.4) is 0 Å². The van der Waals surface area contributed by atoms with Gasteiger partial charge in [-0.15, -0.1) is 0 Å². The highest BCUT2D eigenvalue weighted by Gasteiger charge is 2.57. The van der Waals surface area contributed by atoms with E-state index >= 15 is 0 Å². The number of aliphatic carboxylic acids is 1. The molecule has 2 unspecified atom stereocenters. The lowest BCUT2D eigenvalue weighted by Gasteiger charge is -2.26. The fraction of sp³-hybridized carbons (Fsp3) is 0.286. The summed E-state index contributed by atoms with van der Waals surface area (Å²) in [5.74, 6) is -2.74. The molecule has 0 aromatic carbocycles. The molecule has 0 aromatic rings. The first-order valence-corrected chi connectivity index (χ1v) is 3.71. The number of nitrogens with zero attached hydrogens (tertiary/aromatic N) is 1. The van der Waals surface area contributed by atoms with E-state index in [1.165, 1.54) is 0 Å². The average molecular weight is 217 g/mol. The molecule has 8 heteroatoms. The van der Waals surface area contributed by atoms with Gasteiger partial charge < -0.3 is 20.4 Å². The molecular weight excluding hydrogens is 210 g/mol. The minimum Gasteiger partial charge on any atom is -0.504 e. The van der Waals surface area contributed by atoms with Gasteiger partial charge in [0.25, 0.3) is 0 Å². The lowest BCUT2D eigenvalue weighted by molar-refractivity contribution is -0.627. The van der Waals surface area contributed by atoms with Crippen molar-refractivity contribution in [3.63, 3.8) is 0 Å². The summed E-state index contributed by atoms with van der Waals surface area (Å²) in [6.07, 6.45) is -0.894. The fourth-order valence-electron chi connectivity index (χ4n) is 1.12. The summed E-state index contributed by atoms with van der Waals surface area (Å²) < 4.78 is 0. The Balaban J connectivity index is 3.27. The van der Waals surface area contributed by atoms with Crippen LogP contribution in [0.4, 0.5) is 0 Å². The van der Waals surface area contributed by atoms with Gasteiger partial charge >= 0.3 is 11.7 Å². The second-order valence-corrected chi connectivity index (χ2v) is 2.86. The first-order chi connectivity index (χ1) is 6.81. The smallest absolute Gasteiger partial charge is 0.410 e. The van der Waals surface area contributed by atoms with E-state index in [0.29, 0.717) is 6.08 Å². The van der Waals surface area contributed by atoms with Gasteiger partial charge in [0.1, 0.15) is 0 Å². The summed E-state index contributed by atoms with van der Waals surface area (Å²) in [6.45, 7) is 0. The van der Waals surface area contributed by atoms with Crippen LogP contribution in [-0.2, 0) is 4.79 Å². The number of hydrogen-bond acceptors (Lipinski definition) is 6. The highest BCUT2D eigenvalue weighted by Crippen LogP contribution is 2.29. The molecule has 0 heterocycles. The van der Waals surface area contributed by atoms with Gasteiger partial charge in [0.2, 0.25) is 5.76 Å². The van der Waals surface area contributed by atoms with Crippen LogP contribution in [0.5, 0.6) is 0 Å². The SMILES string of the molecule is O=C(O)C1=CC=C(O)C(O)([N+](=O)[O-])C1O. The van der Waals surface area contributed by atoms with Crippen LogP contribution in [-0.4, -0.2) is 43.1 Å². The van der Waals surface area contributed by atoms with Crippen LogP contribution in [0.1, 0.15) is 0 Å². The van der Waals surface area contributed by atoms with Crippen LogP contribution in [0.25, 0.3) is 0 Å². The van der Waals surface area contributed by atoms with Gasteiger partial charge in [-0.2, -0.15) is 0 Å². The maximum absolute atomic E-state index is 10.5. The van der Waals surface area contributed by atoms with Crippen molar-refractivity contribution in [1.29, 1.82) is 0 Å². The van der Waals surface area contributed by atoms with Gasteiger partial charge in [0, 0.05) is 0 Å². The van der Waals surface area contributed by atoms with Crippen LogP contribution in [0.2, 0.25) is 0 Å². The Morgan fingerprint density at radius 3 is 2.47 bits per heavy atom. The van der Waals surface area contributed by atoms with Crippen LogP contribution < -0.4 is 0 Å². The Morgan fingerprint density at radius 1 is 1.53 bits per heavy atom. The van der Waals surface area contributed by atoms with Crippen LogP contribution in [0.15, 0.2) is 23.5 Å². The summed E-state index contributed by atoms with van der Waals surface area (Å²) in [4.78, 5) is 19.6. The molecule has 0 saturated carbocycles. The van der Waals surface area contributed by atoms with Gasteiger partial charge in [-0.1, -0.05) is 0 Å². The molecule has 0 aliphatic heterocycles. The minimum atomic E-state index is -3.21. The summed E-state index contributed by atoms with van der Waals surface area (Å²) in [7, 11) is 0. The second kappa shape index (κ2) is 3.33. The van der Waals surface area contributed by atoms with Gasteiger partial charge in [-0.05, 0) is 12.2 Å². The monoisotopic (exact) mass is 217 g/mol. The molecule has 0 fully saturated rings. The van der Waals surface area contributed by atoms with E-state index in [0.717, 1.165) is 6.08 Å². The van der Waals surface area contributed by atoms with Gasteiger partial charge in [0.05, 0.1) is 10.5 Å². The number of carboxylic acid groups (broad SMARTS) is 1. The average Bonchev–Trinajstić information content (AvgIpc) is 2.13. The van der Waals surface area contributed by atoms with Crippen molar-refractivity contribution >= 4 is 5.97 Å². The Hall–Kier alpha value is -1.93. The van der Waals surface area contributed by atoms with Crippen molar-refractivity contribution in [2.45, 2.75) is 11.8 Å². The lowest BCUT2D eigenvalue weighted by Crippen LogP contribution is -2.54. The zero-order chi connectivity index (χ0) is 11.8. The topological polar surface area (TPSA) is 141 Å². The van der Waals surface area contributed by atoms with Gasteiger partial charge in [-0.25, -0.2) is 4.79 Å². The zero-order valence-electron chi connectivity index (χ0n) is 7.19. The number of aliphatic hydroxyl groups is 3. The molecule has 1 rings (SSSR count). The molecule has 15 heavy (non-hydrogen) atoms. The number of aliphatic hydroxyl groups excluding tert-OH is 2. The third kappa shape index (κ3) is 1.45. The van der Waals surface area contributed by atoms with Crippen LogP contribution >= 0.6 is 0 Å². The molecule has 0 aromatic heterocycles. The van der Waals surface area contributed by atoms with E-state index in [9.17, 15) is 25.1 Å². The Labute approximate surface area is 82.5 Å². The van der Waals surface area contributed by atoms with E-state index in [-0.39, 0.29) is 0 Å². The van der Waals surface area contributed by atoms with E-state index in [1.54, 1.807) is 0 Å². The van der Waals surface area contributed by atoms with Crippen molar-refractivity contribution in [1.82, 2.24) is 0 Å². The van der Waals surface area contributed by atoms with Crippen LogP contribution in [0, 0.1) is 10.1 Å². The third-order valence-electron chi connectivity index (χ3n) is 2.00. The number of carbonyl (C=O) groups is 1. The summed E-state index contributed by atoms with van der Waals surface area (Å²) in [5, 5.41) is 46.6. The largest absolute Gasteiger partial charge is 0.504 e. The normalized spacial score (nSPS) is 30.4. The van der Waals surface area contributed by atoms with E-state index in [4.69, 9.17) is 10.2 Å². The first-order valence-electron chi connectivity index (χ1n) is 3.71. The predicted octanol–water partition coefficient (Wildman–Crippen LogP) is -1.22. The van der Waals surface area contributed by atoms with Crippen molar-refractivity contribution < 1.29 is 30.1 Å². The molecule has 0 radical (unpaired) electrons. The number of allylic oxidation sites excluding steroid dienone is 2. The fourth-order valence-corrected chi connectivity index (χ4v) is 1.12. The minimum absolute atomic E-state index is 0.652. The molecule has 1 aliphatic rings. The standard InChI is InChI=1S/C7H7NO7/c9-4-2-1-3(6(11)12)5(10)7(4,13)8(14)15/h1-2,5,9-10,13H,(H,11,12).